The van der Waals surface area contributed by atoms with Crippen LogP contribution in [0.5, 0.6) is 5.75 Å². The first kappa shape index (κ1) is 19.6. The van der Waals surface area contributed by atoms with Gasteiger partial charge in [0.05, 0.1) is 5.69 Å². The molecule has 3 aromatic carbocycles. The Kier molecular flexibility index (Phi) is 5.18. The zero-order valence-electron chi connectivity index (χ0n) is 17.0. The smallest absolute Gasteiger partial charge is 0.368 e. The van der Waals surface area contributed by atoms with Crippen LogP contribution in [0.4, 0.5) is 4.39 Å². The molecule has 0 saturated carbocycles. The fraction of sp³-hybridized carbons (Fsp3) is 0.174. The number of aryl methyl sites for hydroxylation is 3. The number of halogens is 1. The largest absolute Gasteiger partial charge is 0.489 e. The molecule has 0 aliphatic heterocycles. The van der Waals surface area contributed by atoms with Crippen LogP contribution in [-0.4, -0.2) is 19.8 Å². The van der Waals surface area contributed by atoms with E-state index in [0.29, 0.717) is 11.4 Å². The molecule has 4 aromatic rings. The summed E-state index contributed by atoms with van der Waals surface area (Å²) in [6, 6.07) is 17.9. The topological polar surface area (TPSA) is 61.9 Å². The predicted octanol–water partition coefficient (Wildman–Crippen LogP) is 3.97. The highest BCUT2D eigenvalue weighted by atomic mass is 19.1. The van der Waals surface area contributed by atoms with Crippen LogP contribution in [0.1, 0.15) is 16.7 Å². The number of hydrogen-bond donors (Lipinski definition) is 0. The molecule has 0 saturated heterocycles. The molecule has 0 aliphatic carbocycles. The van der Waals surface area contributed by atoms with Crippen molar-refractivity contribution in [2.45, 2.75) is 20.5 Å². The molecule has 0 bridgehead atoms. The van der Waals surface area contributed by atoms with Gasteiger partial charge >= 0.3 is 5.69 Å². The summed E-state index contributed by atoms with van der Waals surface area (Å²) in [6.45, 7) is 4.21. The molecule has 6 nitrogen and oxygen atoms in total. The van der Waals surface area contributed by atoms with Gasteiger partial charge in [-0.1, -0.05) is 30.3 Å². The minimum absolute atomic E-state index is 0.261. The van der Waals surface area contributed by atoms with E-state index in [4.69, 9.17) is 4.74 Å². The summed E-state index contributed by atoms with van der Waals surface area (Å²) in [4.78, 5) is 12.3. The number of rotatable bonds is 5. The van der Waals surface area contributed by atoms with Crippen molar-refractivity contribution in [3.63, 3.8) is 0 Å². The summed E-state index contributed by atoms with van der Waals surface area (Å²) < 4.78 is 21.8. The van der Waals surface area contributed by atoms with Crippen molar-refractivity contribution in [2.75, 3.05) is 0 Å². The van der Waals surface area contributed by atoms with E-state index < -0.39 is 0 Å². The summed E-state index contributed by atoms with van der Waals surface area (Å²) in [5, 5.41) is 7.74. The first-order chi connectivity index (χ1) is 14.4. The van der Waals surface area contributed by atoms with Gasteiger partial charge in [0.25, 0.3) is 0 Å². The molecule has 152 valence electrons. The maximum atomic E-state index is 13.3. The Morgan fingerprint density at radius 1 is 0.967 bits per heavy atom. The zero-order chi connectivity index (χ0) is 21.3. The van der Waals surface area contributed by atoms with Crippen LogP contribution >= 0.6 is 0 Å². The summed E-state index contributed by atoms with van der Waals surface area (Å²) in [5.74, 6) is 0.421. The molecule has 0 amide bonds. The second-order valence-corrected chi connectivity index (χ2v) is 7.20. The second-order valence-electron chi connectivity index (χ2n) is 7.20. The summed E-state index contributed by atoms with van der Waals surface area (Å²) in [7, 11) is 1.56. The third kappa shape index (κ3) is 3.87. The highest BCUT2D eigenvalue weighted by Crippen LogP contribution is 2.27. The van der Waals surface area contributed by atoms with Crippen molar-refractivity contribution >= 4 is 0 Å². The van der Waals surface area contributed by atoms with Crippen molar-refractivity contribution in [2.24, 2.45) is 7.05 Å². The average molecular weight is 404 g/mol. The first-order valence-corrected chi connectivity index (χ1v) is 9.50. The van der Waals surface area contributed by atoms with E-state index >= 15 is 0 Å². The molecule has 0 fully saturated rings. The highest BCUT2D eigenvalue weighted by molar-refractivity contribution is 5.66. The SMILES string of the molecule is Cc1cc(OCc2c(C)cccc2-n2nnn(C)c2=O)cc(-c2ccc(F)cc2)c1. The number of benzene rings is 3. The maximum absolute atomic E-state index is 13.3. The van der Waals surface area contributed by atoms with E-state index in [1.165, 1.54) is 21.5 Å². The van der Waals surface area contributed by atoms with Crippen LogP contribution in [0.3, 0.4) is 0 Å². The van der Waals surface area contributed by atoms with Gasteiger partial charge in [0.2, 0.25) is 0 Å². The molecule has 0 unspecified atom stereocenters. The molecule has 0 atom stereocenters. The van der Waals surface area contributed by atoms with E-state index in [2.05, 4.69) is 10.4 Å². The van der Waals surface area contributed by atoms with Crippen LogP contribution in [0.2, 0.25) is 0 Å². The molecule has 0 aliphatic rings. The fourth-order valence-corrected chi connectivity index (χ4v) is 3.33. The first-order valence-electron chi connectivity index (χ1n) is 9.50. The second kappa shape index (κ2) is 7.94. The summed E-state index contributed by atoms with van der Waals surface area (Å²) in [5.41, 5.74) is 5.03. The minimum atomic E-state index is -0.323. The van der Waals surface area contributed by atoms with Gasteiger partial charge in [0.15, 0.2) is 0 Å². The van der Waals surface area contributed by atoms with Gasteiger partial charge in [0.1, 0.15) is 18.2 Å². The van der Waals surface area contributed by atoms with E-state index in [9.17, 15) is 9.18 Å². The van der Waals surface area contributed by atoms with Gasteiger partial charge in [-0.3, -0.25) is 0 Å². The molecule has 1 aromatic heterocycles. The zero-order valence-corrected chi connectivity index (χ0v) is 17.0. The molecule has 0 radical (unpaired) electrons. The predicted molar refractivity (Wildman–Crippen MR) is 112 cm³/mol. The molecular formula is C23H21FN4O2. The van der Waals surface area contributed by atoms with Crippen molar-refractivity contribution in [1.82, 2.24) is 19.8 Å². The lowest BCUT2D eigenvalue weighted by atomic mass is 10.0. The Morgan fingerprint density at radius 3 is 2.43 bits per heavy atom. The van der Waals surface area contributed by atoms with Crippen molar-refractivity contribution in [3.8, 4) is 22.6 Å². The van der Waals surface area contributed by atoms with Crippen molar-refractivity contribution in [3.05, 3.63) is 93.7 Å². The number of ether oxygens (including phenoxy) is 1. The standard InChI is InChI=1S/C23H21FN4O2/c1-15-11-18(17-7-9-19(24)10-8-17)13-20(12-15)30-14-21-16(2)5-4-6-22(21)28-23(29)27(3)25-26-28/h4-13H,14H2,1-3H3. The average Bonchev–Trinajstić information content (AvgIpc) is 3.05. The monoisotopic (exact) mass is 404 g/mol. The number of tetrazole rings is 1. The Morgan fingerprint density at radius 2 is 1.73 bits per heavy atom. The Labute approximate surface area is 173 Å². The van der Waals surface area contributed by atoms with E-state index in [-0.39, 0.29) is 18.1 Å². The van der Waals surface area contributed by atoms with Gasteiger partial charge in [-0.25, -0.2) is 9.18 Å². The van der Waals surface area contributed by atoms with Crippen molar-refractivity contribution < 1.29 is 9.13 Å². The number of nitrogens with zero attached hydrogens (tertiary/aromatic N) is 4. The van der Waals surface area contributed by atoms with Crippen LogP contribution in [0.25, 0.3) is 16.8 Å². The Bertz CT molecular complexity index is 1260. The van der Waals surface area contributed by atoms with Crippen LogP contribution < -0.4 is 10.4 Å². The Hall–Kier alpha value is -3.74. The van der Waals surface area contributed by atoms with Crippen LogP contribution in [-0.2, 0) is 13.7 Å². The molecule has 0 spiro atoms. The molecule has 1 heterocycles. The van der Waals surface area contributed by atoms with Gasteiger partial charge in [-0.15, -0.1) is 0 Å². The maximum Gasteiger partial charge on any atom is 0.368 e. The summed E-state index contributed by atoms with van der Waals surface area (Å²) in [6.07, 6.45) is 0. The lowest BCUT2D eigenvalue weighted by Crippen LogP contribution is -2.23. The lowest BCUT2D eigenvalue weighted by Gasteiger charge is -2.14. The number of aromatic nitrogens is 4. The van der Waals surface area contributed by atoms with Gasteiger partial charge in [-0.05, 0) is 76.9 Å². The highest BCUT2D eigenvalue weighted by Gasteiger charge is 2.14. The molecule has 7 heteroatoms. The Balaban J connectivity index is 1.65. The van der Waals surface area contributed by atoms with E-state index in [1.807, 2.05) is 50.2 Å². The molecule has 30 heavy (non-hydrogen) atoms. The van der Waals surface area contributed by atoms with Gasteiger partial charge in [-0.2, -0.15) is 9.36 Å². The normalized spacial score (nSPS) is 10.9. The van der Waals surface area contributed by atoms with Gasteiger partial charge in [0, 0.05) is 12.6 Å². The van der Waals surface area contributed by atoms with Crippen molar-refractivity contribution in [1.29, 1.82) is 0 Å². The third-order valence-corrected chi connectivity index (χ3v) is 4.95. The third-order valence-electron chi connectivity index (χ3n) is 4.95. The van der Waals surface area contributed by atoms with Crippen LogP contribution in [0, 0.1) is 19.7 Å². The van der Waals surface area contributed by atoms with E-state index in [1.54, 1.807) is 19.2 Å². The lowest BCUT2D eigenvalue weighted by molar-refractivity contribution is 0.304. The minimum Gasteiger partial charge on any atom is -0.489 e. The van der Waals surface area contributed by atoms with Crippen LogP contribution in [0.15, 0.2) is 65.5 Å². The molecular weight excluding hydrogens is 383 g/mol. The fourth-order valence-electron chi connectivity index (χ4n) is 3.33. The number of hydrogen-bond acceptors (Lipinski definition) is 4. The molecule has 0 N–H and O–H groups in total. The summed E-state index contributed by atoms with van der Waals surface area (Å²) >= 11 is 0. The van der Waals surface area contributed by atoms with E-state index in [0.717, 1.165) is 27.8 Å². The quantitative estimate of drug-likeness (QED) is 0.505. The van der Waals surface area contributed by atoms with Gasteiger partial charge < -0.3 is 4.74 Å². The molecule has 4 rings (SSSR count).